The van der Waals surface area contributed by atoms with Crippen LogP contribution in [-0.4, -0.2) is 51.5 Å². The smallest absolute Gasteiger partial charge is 0.330 e. The number of methoxy groups -OCH3 is 1. The molecular weight excluding hydrogens is 263 g/mol. The second-order valence-electron chi connectivity index (χ2n) is 4.09. The first-order valence-electron chi connectivity index (χ1n) is 5.42. The predicted octanol–water partition coefficient (Wildman–Crippen LogP) is -1.90. The maximum Gasteiger partial charge on any atom is 0.330 e. The SMILES string of the molecule is CO[C@]1(CO)O[C@@H](n2ccc(=O)[nH]c2=O)[C@@H](F)[C@@H]1O. The van der Waals surface area contributed by atoms with Crippen LogP contribution in [-0.2, 0) is 9.47 Å². The Kier molecular flexibility index (Phi) is 3.54. The van der Waals surface area contributed by atoms with Crippen molar-refractivity contribution in [3.8, 4) is 0 Å². The quantitative estimate of drug-likeness (QED) is 0.594. The molecule has 0 aliphatic carbocycles. The van der Waals surface area contributed by atoms with E-state index in [1.807, 2.05) is 4.98 Å². The van der Waals surface area contributed by atoms with Crippen molar-refractivity contribution in [2.45, 2.75) is 24.3 Å². The molecule has 1 saturated heterocycles. The lowest BCUT2D eigenvalue weighted by atomic mass is 10.1. The molecular formula is C10H13FN2O6. The van der Waals surface area contributed by atoms with E-state index in [-0.39, 0.29) is 0 Å². The van der Waals surface area contributed by atoms with Crippen LogP contribution in [0.15, 0.2) is 21.9 Å². The van der Waals surface area contributed by atoms with Crippen LogP contribution in [0.3, 0.4) is 0 Å². The van der Waals surface area contributed by atoms with Gasteiger partial charge in [0.25, 0.3) is 5.56 Å². The number of aromatic nitrogens is 2. The van der Waals surface area contributed by atoms with Crippen molar-refractivity contribution in [2.75, 3.05) is 13.7 Å². The van der Waals surface area contributed by atoms with Crippen molar-refractivity contribution >= 4 is 0 Å². The van der Waals surface area contributed by atoms with E-state index >= 15 is 0 Å². The number of hydrogen-bond donors (Lipinski definition) is 3. The molecule has 2 heterocycles. The summed E-state index contributed by atoms with van der Waals surface area (Å²) in [5.74, 6) is -1.94. The zero-order chi connectivity index (χ0) is 14.2. The Hall–Kier alpha value is -1.55. The minimum Gasteiger partial charge on any atom is -0.391 e. The predicted molar refractivity (Wildman–Crippen MR) is 59.2 cm³/mol. The lowest BCUT2D eigenvalue weighted by Gasteiger charge is -2.27. The number of rotatable bonds is 3. The lowest BCUT2D eigenvalue weighted by Crippen LogP contribution is -2.47. The number of aromatic amines is 1. The van der Waals surface area contributed by atoms with Gasteiger partial charge in [-0.1, -0.05) is 0 Å². The van der Waals surface area contributed by atoms with E-state index in [0.29, 0.717) is 0 Å². The van der Waals surface area contributed by atoms with E-state index in [1.54, 1.807) is 0 Å². The Morgan fingerprint density at radius 2 is 2.32 bits per heavy atom. The summed E-state index contributed by atoms with van der Waals surface area (Å²) < 4.78 is 24.7. The van der Waals surface area contributed by atoms with Crippen molar-refractivity contribution in [1.82, 2.24) is 9.55 Å². The van der Waals surface area contributed by atoms with Gasteiger partial charge in [0.15, 0.2) is 12.4 Å². The molecule has 0 aromatic carbocycles. The molecule has 8 nitrogen and oxygen atoms in total. The third-order valence-electron chi connectivity index (χ3n) is 3.04. The van der Waals surface area contributed by atoms with Crippen LogP contribution in [0.2, 0.25) is 0 Å². The van der Waals surface area contributed by atoms with Gasteiger partial charge >= 0.3 is 5.69 Å². The average Bonchev–Trinajstić information content (AvgIpc) is 2.64. The fourth-order valence-electron chi connectivity index (χ4n) is 1.94. The van der Waals surface area contributed by atoms with Gasteiger partial charge in [0.05, 0.1) is 0 Å². The second-order valence-corrected chi connectivity index (χ2v) is 4.09. The first-order valence-corrected chi connectivity index (χ1v) is 5.42. The molecule has 0 unspecified atom stereocenters. The maximum atomic E-state index is 14.0. The molecule has 0 radical (unpaired) electrons. The number of nitrogens with zero attached hydrogens (tertiary/aromatic N) is 1. The van der Waals surface area contributed by atoms with Crippen LogP contribution >= 0.6 is 0 Å². The molecule has 9 heteroatoms. The summed E-state index contributed by atoms with van der Waals surface area (Å²) in [7, 11) is 1.13. The number of H-pyrrole nitrogens is 1. The van der Waals surface area contributed by atoms with Crippen molar-refractivity contribution in [3.05, 3.63) is 33.1 Å². The van der Waals surface area contributed by atoms with E-state index < -0.39 is 42.1 Å². The molecule has 3 N–H and O–H groups in total. The van der Waals surface area contributed by atoms with Gasteiger partial charge < -0.3 is 19.7 Å². The second kappa shape index (κ2) is 4.85. The summed E-state index contributed by atoms with van der Waals surface area (Å²) in [6.45, 7) is -0.792. The number of hydrogen-bond acceptors (Lipinski definition) is 6. The molecule has 1 fully saturated rings. The van der Waals surface area contributed by atoms with E-state index in [9.17, 15) is 19.1 Å². The fraction of sp³-hybridized carbons (Fsp3) is 0.600. The Morgan fingerprint density at radius 1 is 1.63 bits per heavy atom. The van der Waals surface area contributed by atoms with Gasteiger partial charge in [-0.2, -0.15) is 0 Å². The molecule has 0 amide bonds. The zero-order valence-corrected chi connectivity index (χ0v) is 9.95. The number of alkyl halides is 1. The summed E-state index contributed by atoms with van der Waals surface area (Å²) in [6.07, 6.45) is -4.25. The van der Waals surface area contributed by atoms with Gasteiger partial charge in [-0.3, -0.25) is 14.3 Å². The van der Waals surface area contributed by atoms with Crippen molar-refractivity contribution in [3.63, 3.8) is 0 Å². The third kappa shape index (κ3) is 2.10. The van der Waals surface area contributed by atoms with Gasteiger partial charge in [0.2, 0.25) is 5.79 Å². The van der Waals surface area contributed by atoms with E-state index in [0.717, 1.165) is 23.9 Å². The summed E-state index contributed by atoms with van der Waals surface area (Å²) in [4.78, 5) is 24.4. The van der Waals surface area contributed by atoms with Crippen LogP contribution in [0.25, 0.3) is 0 Å². The molecule has 0 bridgehead atoms. The number of ether oxygens (including phenoxy) is 2. The Morgan fingerprint density at radius 3 is 2.79 bits per heavy atom. The largest absolute Gasteiger partial charge is 0.391 e. The first kappa shape index (κ1) is 13.9. The van der Waals surface area contributed by atoms with E-state index in [4.69, 9.17) is 14.6 Å². The molecule has 106 valence electrons. The highest BCUT2D eigenvalue weighted by Gasteiger charge is 2.56. The lowest BCUT2D eigenvalue weighted by molar-refractivity contribution is -0.269. The van der Waals surface area contributed by atoms with Crippen molar-refractivity contribution in [1.29, 1.82) is 0 Å². The van der Waals surface area contributed by atoms with Crippen LogP contribution < -0.4 is 11.2 Å². The van der Waals surface area contributed by atoms with Gasteiger partial charge in [-0.05, 0) is 0 Å². The molecule has 1 aliphatic heterocycles. The molecule has 4 atom stereocenters. The topological polar surface area (TPSA) is 114 Å². The Balaban J connectivity index is 2.42. The molecule has 1 aromatic heterocycles. The van der Waals surface area contributed by atoms with Crippen LogP contribution in [0.1, 0.15) is 6.23 Å². The minimum absolute atomic E-state index is 0.643. The van der Waals surface area contributed by atoms with Crippen LogP contribution in [0, 0.1) is 0 Å². The first-order chi connectivity index (χ1) is 8.95. The van der Waals surface area contributed by atoms with Gasteiger partial charge in [-0.15, -0.1) is 0 Å². The third-order valence-corrected chi connectivity index (χ3v) is 3.04. The number of aliphatic hydroxyl groups is 2. The summed E-state index contributed by atoms with van der Waals surface area (Å²) >= 11 is 0. The molecule has 2 rings (SSSR count). The average molecular weight is 276 g/mol. The summed E-state index contributed by atoms with van der Waals surface area (Å²) in [5, 5.41) is 18.9. The highest BCUT2D eigenvalue weighted by atomic mass is 19.1. The number of nitrogens with one attached hydrogen (secondary N) is 1. The molecule has 0 saturated carbocycles. The minimum atomic E-state index is -2.00. The number of halogens is 1. The maximum absolute atomic E-state index is 14.0. The molecule has 0 spiro atoms. The normalized spacial score (nSPS) is 34.6. The van der Waals surface area contributed by atoms with Crippen LogP contribution in [0.5, 0.6) is 0 Å². The number of aliphatic hydroxyl groups excluding tert-OH is 2. The van der Waals surface area contributed by atoms with Gasteiger partial charge in [0.1, 0.15) is 12.7 Å². The fourth-order valence-corrected chi connectivity index (χ4v) is 1.94. The Bertz CT molecular complexity index is 566. The summed E-state index contributed by atoms with van der Waals surface area (Å²) in [5.41, 5.74) is -1.53. The summed E-state index contributed by atoms with van der Waals surface area (Å²) in [6, 6.07) is 1.01. The Labute approximate surface area is 106 Å². The van der Waals surface area contributed by atoms with E-state index in [2.05, 4.69) is 0 Å². The van der Waals surface area contributed by atoms with E-state index in [1.165, 1.54) is 0 Å². The highest BCUT2D eigenvalue weighted by molar-refractivity contribution is 4.97. The van der Waals surface area contributed by atoms with Crippen LogP contribution in [0.4, 0.5) is 4.39 Å². The molecule has 1 aromatic rings. The molecule has 1 aliphatic rings. The van der Waals surface area contributed by atoms with Gasteiger partial charge in [0, 0.05) is 19.4 Å². The van der Waals surface area contributed by atoms with Crippen molar-refractivity contribution in [2.24, 2.45) is 0 Å². The van der Waals surface area contributed by atoms with Gasteiger partial charge in [-0.25, -0.2) is 9.18 Å². The monoisotopic (exact) mass is 276 g/mol. The van der Waals surface area contributed by atoms with Crippen molar-refractivity contribution < 1.29 is 24.1 Å². The zero-order valence-electron chi connectivity index (χ0n) is 9.95. The standard InChI is InChI=1S/C10H13FN2O6/c1-18-10(4-14)7(16)6(11)8(19-10)13-3-2-5(15)12-9(13)17/h2-3,6-8,14,16H,4H2,1H3,(H,12,15,17)/t6-,7-,8+,10+/m0/s1. The molecule has 19 heavy (non-hydrogen) atoms. The highest BCUT2D eigenvalue weighted by Crippen LogP contribution is 2.38.